The highest BCUT2D eigenvalue weighted by atomic mass is 29.2. The van der Waals surface area contributed by atoms with Crippen molar-refractivity contribution in [3.63, 3.8) is 0 Å². The number of nitrogens with two attached hydrogens (primary N) is 1. The summed E-state index contributed by atoms with van der Waals surface area (Å²) >= 11 is 0. The molecule has 88 valence electrons. The van der Waals surface area contributed by atoms with Gasteiger partial charge in [0.1, 0.15) is 7.75 Å². The number of hydrogen-bond acceptors (Lipinski definition) is 1. The predicted octanol–water partition coefficient (Wildman–Crippen LogP) is 2.42. The summed E-state index contributed by atoms with van der Waals surface area (Å²) < 4.78 is 0. The van der Waals surface area contributed by atoms with E-state index in [1.54, 1.807) is 0 Å². The van der Waals surface area contributed by atoms with Gasteiger partial charge in [0.05, 0.1) is 0 Å². The maximum absolute atomic E-state index is 6.87. The molecule has 0 aromatic carbocycles. The maximum atomic E-state index is 6.87. The maximum Gasteiger partial charge on any atom is 0.107 e. The van der Waals surface area contributed by atoms with Crippen molar-refractivity contribution in [3.05, 3.63) is 0 Å². The highest BCUT2D eigenvalue weighted by molar-refractivity contribution is 7.17. The minimum Gasteiger partial charge on any atom is -0.353 e. The van der Waals surface area contributed by atoms with Crippen LogP contribution in [0.5, 0.6) is 0 Å². The molecule has 0 aromatic heterocycles. The Morgan fingerprint density at radius 3 is 1.40 bits per heavy atom. The zero-order chi connectivity index (χ0) is 10.7. The van der Waals surface area contributed by atoms with Gasteiger partial charge in [-0.25, -0.2) is 0 Å². The summed E-state index contributed by atoms with van der Waals surface area (Å²) in [6.45, 7) is 0. The molecule has 15 heavy (non-hydrogen) atoms. The molecule has 2 rings (SSSR count). The van der Waals surface area contributed by atoms with Gasteiger partial charge in [0.25, 0.3) is 0 Å². The molecule has 0 atom stereocenters. The molecule has 0 bridgehead atoms. The summed E-state index contributed by atoms with van der Waals surface area (Å²) in [4.78, 5) is 0. The quantitative estimate of drug-likeness (QED) is 0.738. The Hall–Kier alpha value is 0.394. The highest BCUT2D eigenvalue weighted by Crippen LogP contribution is 2.43. The fourth-order valence-corrected chi connectivity index (χ4v) is 11.2. The molecule has 0 aromatic rings. The molecule has 0 heterocycles. The van der Waals surface area contributed by atoms with Crippen molar-refractivity contribution in [3.8, 4) is 0 Å². The van der Waals surface area contributed by atoms with Gasteiger partial charge in [-0.3, -0.25) is 0 Å². The molecular weight excluding hydrogens is 214 g/mol. The van der Waals surface area contributed by atoms with Gasteiger partial charge in [0.2, 0.25) is 0 Å². The number of rotatable bonds is 2. The van der Waals surface area contributed by atoms with E-state index in [1.807, 2.05) is 0 Å². The van der Waals surface area contributed by atoms with Crippen LogP contribution in [0.3, 0.4) is 0 Å². The Labute approximate surface area is 98.5 Å². The summed E-state index contributed by atoms with van der Waals surface area (Å²) in [6, 6.07) is 0. The van der Waals surface area contributed by atoms with Crippen LogP contribution in [0.25, 0.3) is 0 Å². The van der Waals surface area contributed by atoms with Gasteiger partial charge in [-0.1, -0.05) is 64.2 Å². The average Bonchev–Trinajstić information content (AvgIpc) is 2.31. The molecule has 0 spiro atoms. The molecule has 0 unspecified atom stereocenters. The van der Waals surface area contributed by atoms with Gasteiger partial charge in [0, 0.05) is 9.76 Å². The lowest BCUT2D eigenvalue weighted by Crippen LogP contribution is -2.56. The molecule has 2 N–H and O–H groups in total. The van der Waals surface area contributed by atoms with Crippen molar-refractivity contribution >= 4 is 17.5 Å². The molecule has 0 aliphatic heterocycles. The molecule has 2 aliphatic rings. The van der Waals surface area contributed by atoms with E-state index >= 15 is 0 Å². The minimum atomic E-state index is -1.26. The molecular formula is C12H27NSi2. The first-order valence-corrected chi connectivity index (χ1v) is 12.7. The van der Waals surface area contributed by atoms with Crippen molar-refractivity contribution in [1.29, 1.82) is 0 Å². The van der Waals surface area contributed by atoms with E-state index in [4.69, 9.17) is 5.40 Å². The van der Waals surface area contributed by atoms with Crippen molar-refractivity contribution < 1.29 is 0 Å². The lowest BCUT2D eigenvalue weighted by atomic mass is 9.99. The highest BCUT2D eigenvalue weighted by Gasteiger charge is 2.40. The van der Waals surface area contributed by atoms with Crippen LogP contribution in [0, 0.1) is 0 Å². The van der Waals surface area contributed by atoms with Gasteiger partial charge in [0.15, 0.2) is 0 Å². The largest absolute Gasteiger partial charge is 0.353 e. The summed E-state index contributed by atoms with van der Waals surface area (Å²) in [5, 5.41) is 6.87. The Morgan fingerprint density at radius 2 is 1.07 bits per heavy atom. The van der Waals surface area contributed by atoms with Gasteiger partial charge in [-0.2, -0.15) is 0 Å². The third kappa shape index (κ3) is 2.74. The summed E-state index contributed by atoms with van der Waals surface area (Å²) in [6.07, 6.45) is 14.8. The van der Waals surface area contributed by atoms with E-state index in [0.717, 1.165) is 11.1 Å². The fraction of sp³-hybridized carbons (Fsp3) is 1.00. The third-order valence-corrected chi connectivity index (χ3v) is 14.5. The molecule has 0 saturated heterocycles. The number of hydrogen-bond donors (Lipinski definition) is 1. The Morgan fingerprint density at radius 1 is 0.733 bits per heavy atom. The first-order chi connectivity index (χ1) is 7.21. The van der Waals surface area contributed by atoms with E-state index in [-0.39, 0.29) is 0 Å². The van der Waals surface area contributed by atoms with Crippen LogP contribution in [-0.4, -0.2) is 17.5 Å². The monoisotopic (exact) mass is 241 g/mol. The Kier molecular flexibility index (Phi) is 4.07. The van der Waals surface area contributed by atoms with Gasteiger partial charge >= 0.3 is 0 Å². The van der Waals surface area contributed by atoms with Crippen molar-refractivity contribution in [2.75, 3.05) is 0 Å². The van der Waals surface area contributed by atoms with E-state index in [9.17, 15) is 0 Å². The smallest absolute Gasteiger partial charge is 0.107 e. The summed E-state index contributed by atoms with van der Waals surface area (Å²) in [7, 11) is 0.0841. The first kappa shape index (κ1) is 11.9. The topological polar surface area (TPSA) is 26.0 Å². The molecule has 1 nitrogen and oxygen atoms in total. The second-order valence-corrected chi connectivity index (χ2v) is 15.6. The summed E-state index contributed by atoms with van der Waals surface area (Å²) in [5.74, 6) is 0. The van der Waals surface area contributed by atoms with E-state index in [0.29, 0.717) is 0 Å². The fourth-order valence-electron chi connectivity index (χ4n) is 3.78. The second-order valence-electron chi connectivity index (χ2n) is 6.04. The van der Waals surface area contributed by atoms with Crippen LogP contribution >= 0.6 is 0 Å². The van der Waals surface area contributed by atoms with E-state index < -0.39 is 7.75 Å². The zero-order valence-corrected chi connectivity index (χ0v) is 13.3. The average molecular weight is 242 g/mol. The van der Waals surface area contributed by atoms with E-state index in [1.165, 1.54) is 74.0 Å². The summed E-state index contributed by atoms with van der Waals surface area (Å²) in [5.41, 5.74) is 2.03. The lowest BCUT2D eigenvalue weighted by molar-refractivity contribution is 0.457. The SMILES string of the molecule is N[Si]([SiH3])(C1CCCCC1)C1CCCCC1. The Bertz CT molecular complexity index is 174. The normalized spacial score (nSPS) is 27.0. The molecule has 3 heteroatoms. The predicted molar refractivity (Wildman–Crippen MR) is 73.6 cm³/mol. The van der Waals surface area contributed by atoms with Crippen molar-refractivity contribution in [2.24, 2.45) is 5.40 Å². The van der Waals surface area contributed by atoms with Crippen LogP contribution in [-0.2, 0) is 0 Å². The van der Waals surface area contributed by atoms with Crippen LogP contribution < -0.4 is 5.40 Å². The van der Waals surface area contributed by atoms with E-state index in [2.05, 4.69) is 0 Å². The second kappa shape index (κ2) is 5.15. The van der Waals surface area contributed by atoms with Crippen LogP contribution in [0.1, 0.15) is 64.2 Å². The van der Waals surface area contributed by atoms with Gasteiger partial charge < -0.3 is 5.40 Å². The van der Waals surface area contributed by atoms with Crippen molar-refractivity contribution in [2.45, 2.75) is 75.3 Å². The molecule has 0 radical (unpaired) electrons. The Balaban J connectivity index is 1.96. The zero-order valence-electron chi connectivity index (χ0n) is 10.3. The van der Waals surface area contributed by atoms with Gasteiger partial charge in [-0.15, -0.1) is 0 Å². The van der Waals surface area contributed by atoms with Gasteiger partial charge in [-0.05, 0) is 11.1 Å². The molecule has 2 fully saturated rings. The van der Waals surface area contributed by atoms with Crippen LogP contribution in [0.15, 0.2) is 0 Å². The molecule has 2 aliphatic carbocycles. The van der Waals surface area contributed by atoms with Crippen LogP contribution in [0.4, 0.5) is 0 Å². The van der Waals surface area contributed by atoms with Crippen molar-refractivity contribution in [1.82, 2.24) is 0 Å². The standard InChI is InChI=1S/C12H27NSi2/c13-15(14,11-7-3-1-4-8-11)12-9-5-2-6-10-12/h11-12H,1-10,13H2,14H3. The van der Waals surface area contributed by atoms with Crippen LogP contribution in [0.2, 0.25) is 11.1 Å². The first-order valence-electron chi connectivity index (χ1n) is 7.00. The lowest BCUT2D eigenvalue weighted by Gasteiger charge is -2.42. The minimum absolute atomic E-state index is 1.01. The third-order valence-electron chi connectivity index (χ3n) is 4.97. The molecule has 2 saturated carbocycles. The molecule has 0 amide bonds.